The summed E-state index contributed by atoms with van der Waals surface area (Å²) in [5.41, 5.74) is 0.953. The van der Waals surface area contributed by atoms with Gasteiger partial charge in [-0.25, -0.2) is 0 Å². The van der Waals surface area contributed by atoms with E-state index in [0.29, 0.717) is 24.2 Å². The van der Waals surface area contributed by atoms with Gasteiger partial charge < -0.3 is 14.3 Å². The van der Waals surface area contributed by atoms with Gasteiger partial charge in [-0.1, -0.05) is 35.5 Å². The maximum Gasteiger partial charge on any atom is 0.241 e. The quantitative estimate of drug-likeness (QED) is 0.818. The van der Waals surface area contributed by atoms with E-state index >= 15 is 0 Å². The molecule has 2 saturated heterocycles. The van der Waals surface area contributed by atoms with Crippen LogP contribution in [0.2, 0.25) is 0 Å². The van der Waals surface area contributed by atoms with Crippen molar-refractivity contribution in [2.75, 3.05) is 46.3 Å². The maximum atomic E-state index is 12.9. The first-order valence-electron chi connectivity index (χ1n) is 9.77. The van der Waals surface area contributed by atoms with Gasteiger partial charge in [0.15, 0.2) is 0 Å². The number of rotatable bonds is 4. The summed E-state index contributed by atoms with van der Waals surface area (Å²) < 4.78 is 5.44. The molecule has 0 radical (unpaired) electrons. The molecule has 27 heavy (non-hydrogen) atoms. The van der Waals surface area contributed by atoms with E-state index in [2.05, 4.69) is 27.0 Å². The molecular formula is C20H27N5O2. The van der Waals surface area contributed by atoms with Crippen LogP contribution in [0.4, 0.5) is 0 Å². The van der Waals surface area contributed by atoms with Gasteiger partial charge in [0.25, 0.3) is 0 Å². The number of amides is 1. The van der Waals surface area contributed by atoms with Crippen LogP contribution in [0.3, 0.4) is 0 Å². The standard InChI is InChI=1S/C20H27N5O2/c1-23-10-12-25(13-11-23)20(26)17-8-5-9-24(14-17)15-18-21-19(22-27-18)16-6-3-2-4-7-16/h2-4,6-7,17H,5,8-15H2,1H3. The molecule has 0 saturated carbocycles. The number of carbonyl (C=O) groups excluding carboxylic acids is 1. The summed E-state index contributed by atoms with van der Waals surface area (Å²) >= 11 is 0. The molecule has 4 rings (SSSR count). The van der Waals surface area contributed by atoms with Gasteiger partial charge in [-0.3, -0.25) is 9.69 Å². The number of piperidine rings is 1. The van der Waals surface area contributed by atoms with Gasteiger partial charge >= 0.3 is 0 Å². The molecule has 2 fully saturated rings. The normalized spacial score (nSPS) is 22.1. The number of likely N-dealkylation sites (tertiary alicyclic amines) is 1. The van der Waals surface area contributed by atoms with Gasteiger partial charge in [-0.2, -0.15) is 4.98 Å². The Balaban J connectivity index is 1.35. The molecule has 0 bridgehead atoms. The third kappa shape index (κ3) is 4.36. The van der Waals surface area contributed by atoms with Crippen LogP contribution in [-0.2, 0) is 11.3 Å². The fraction of sp³-hybridized carbons (Fsp3) is 0.550. The molecule has 7 heteroatoms. The third-order valence-corrected chi connectivity index (χ3v) is 5.53. The summed E-state index contributed by atoms with van der Waals surface area (Å²) in [4.78, 5) is 24.0. The van der Waals surface area contributed by atoms with E-state index in [1.165, 1.54) is 0 Å². The lowest BCUT2D eigenvalue weighted by molar-refractivity contribution is -0.139. The van der Waals surface area contributed by atoms with E-state index in [1.54, 1.807) is 0 Å². The minimum absolute atomic E-state index is 0.0821. The zero-order valence-corrected chi connectivity index (χ0v) is 15.9. The minimum Gasteiger partial charge on any atom is -0.340 e. The fourth-order valence-electron chi connectivity index (χ4n) is 3.90. The van der Waals surface area contributed by atoms with E-state index in [1.807, 2.05) is 35.2 Å². The summed E-state index contributed by atoms with van der Waals surface area (Å²) in [5, 5.41) is 4.09. The fourth-order valence-corrected chi connectivity index (χ4v) is 3.90. The van der Waals surface area contributed by atoms with Crippen LogP contribution < -0.4 is 0 Å². The number of carbonyl (C=O) groups is 1. The van der Waals surface area contributed by atoms with Crippen LogP contribution in [-0.4, -0.2) is 77.1 Å². The van der Waals surface area contributed by atoms with Crippen LogP contribution in [0.1, 0.15) is 18.7 Å². The van der Waals surface area contributed by atoms with E-state index in [4.69, 9.17) is 4.52 Å². The molecule has 1 amide bonds. The van der Waals surface area contributed by atoms with Gasteiger partial charge in [0, 0.05) is 38.3 Å². The second-order valence-electron chi connectivity index (χ2n) is 7.58. The van der Waals surface area contributed by atoms with Crippen LogP contribution in [0.25, 0.3) is 11.4 Å². The Morgan fingerprint density at radius 2 is 1.93 bits per heavy atom. The molecule has 3 heterocycles. The van der Waals surface area contributed by atoms with Crippen LogP contribution in [0.15, 0.2) is 34.9 Å². The largest absolute Gasteiger partial charge is 0.340 e. The van der Waals surface area contributed by atoms with E-state index in [0.717, 1.165) is 57.7 Å². The highest BCUT2D eigenvalue weighted by molar-refractivity contribution is 5.79. The summed E-state index contributed by atoms with van der Waals surface area (Å²) in [6.45, 7) is 5.96. The molecule has 1 unspecified atom stereocenters. The monoisotopic (exact) mass is 369 g/mol. The molecule has 1 aromatic carbocycles. The zero-order valence-electron chi connectivity index (χ0n) is 15.9. The van der Waals surface area contributed by atoms with Gasteiger partial charge in [0.2, 0.25) is 17.6 Å². The number of nitrogens with zero attached hydrogens (tertiary/aromatic N) is 5. The Hall–Kier alpha value is -2.25. The van der Waals surface area contributed by atoms with Crippen molar-refractivity contribution in [2.45, 2.75) is 19.4 Å². The van der Waals surface area contributed by atoms with E-state index < -0.39 is 0 Å². The van der Waals surface area contributed by atoms with Gasteiger partial charge in [0.1, 0.15) is 0 Å². The molecule has 7 nitrogen and oxygen atoms in total. The van der Waals surface area contributed by atoms with E-state index in [9.17, 15) is 4.79 Å². The SMILES string of the molecule is CN1CCN(C(=O)C2CCCN(Cc3nc(-c4ccccc4)no3)C2)CC1. The Labute approximate surface area is 159 Å². The summed E-state index contributed by atoms with van der Waals surface area (Å²) in [7, 11) is 2.11. The number of aromatic nitrogens is 2. The van der Waals surface area contributed by atoms with Gasteiger partial charge in [-0.15, -0.1) is 0 Å². The molecule has 1 aromatic heterocycles. The Morgan fingerprint density at radius 3 is 2.70 bits per heavy atom. The molecule has 2 aliphatic heterocycles. The summed E-state index contributed by atoms with van der Waals surface area (Å²) in [6, 6.07) is 9.84. The van der Waals surface area contributed by atoms with Crippen molar-refractivity contribution < 1.29 is 9.32 Å². The summed E-state index contributed by atoms with van der Waals surface area (Å²) in [5.74, 6) is 1.62. The zero-order chi connectivity index (χ0) is 18.6. The maximum absolute atomic E-state index is 12.9. The average Bonchev–Trinajstić information content (AvgIpc) is 3.17. The lowest BCUT2D eigenvalue weighted by atomic mass is 9.96. The number of piperazine rings is 1. The molecule has 1 atom stereocenters. The highest BCUT2D eigenvalue weighted by Crippen LogP contribution is 2.22. The Kier molecular flexibility index (Phi) is 5.50. The van der Waals surface area contributed by atoms with Crippen LogP contribution in [0, 0.1) is 5.92 Å². The van der Waals surface area contributed by atoms with Crippen molar-refractivity contribution in [1.82, 2.24) is 24.8 Å². The van der Waals surface area contributed by atoms with E-state index in [-0.39, 0.29) is 5.92 Å². The molecule has 0 aliphatic carbocycles. The molecule has 0 spiro atoms. The number of likely N-dealkylation sites (N-methyl/N-ethyl adjacent to an activating group) is 1. The van der Waals surface area contributed by atoms with Crippen molar-refractivity contribution in [3.8, 4) is 11.4 Å². The van der Waals surface area contributed by atoms with Crippen molar-refractivity contribution in [2.24, 2.45) is 5.92 Å². The first-order chi connectivity index (χ1) is 13.2. The predicted molar refractivity (Wildman–Crippen MR) is 102 cm³/mol. The number of benzene rings is 1. The van der Waals surface area contributed by atoms with Crippen LogP contribution in [0.5, 0.6) is 0 Å². The second kappa shape index (κ2) is 8.19. The number of hydrogen-bond donors (Lipinski definition) is 0. The van der Waals surface area contributed by atoms with Crippen molar-refractivity contribution in [1.29, 1.82) is 0 Å². The lowest BCUT2D eigenvalue weighted by Crippen LogP contribution is -2.51. The topological polar surface area (TPSA) is 65.7 Å². The lowest BCUT2D eigenvalue weighted by Gasteiger charge is -2.37. The van der Waals surface area contributed by atoms with Gasteiger partial charge in [0.05, 0.1) is 12.5 Å². The summed E-state index contributed by atoms with van der Waals surface area (Å²) in [6.07, 6.45) is 2.00. The Morgan fingerprint density at radius 1 is 1.15 bits per heavy atom. The molecular weight excluding hydrogens is 342 g/mol. The minimum atomic E-state index is 0.0821. The van der Waals surface area contributed by atoms with Crippen molar-refractivity contribution >= 4 is 5.91 Å². The first kappa shape index (κ1) is 18.1. The highest BCUT2D eigenvalue weighted by Gasteiger charge is 2.31. The average molecular weight is 369 g/mol. The van der Waals surface area contributed by atoms with Crippen LogP contribution >= 0.6 is 0 Å². The van der Waals surface area contributed by atoms with Crippen molar-refractivity contribution in [3.05, 3.63) is 36.2 Å². The molecule has 0 N–H and O–H groups in total. The first-order valence-corrected chi connectivity index (χ1v) is 9.77. The predicted octanol–water partition coefficient (Wildman–Crippen LogP) is 1.72. The third-order valence-electron chi connectivity index (χ3n) is 5.53. The second-order valence-corrected chi connectivity index (χ2v) is 7.58. The smallest absolute Gasteiger partial charge is 0.241 e. The highest BCUT2D eigenvalue weighted by atomic mass is 16.5. The molecule has 2 aromatic rings. The van der Waals surface area contributed by atoms with Gasteiger partial charge in [-0.05, 0) is 26.4 Å². The molecule has 2 aliphatic rings. The molecule has 144 valence electrons. The number of hydrogen-bond acceptors (Lipinski definition) is 6. The van der Waals surface area contributed by atoms with Crippen molar-refractivity contribution in [3.63, 3.8) is 0 Å². The Bertz CT molecular complexity index is 755.